The first-order chi connectivity index (χ1) is 8.95. The number of nitrogens with zero attached hydrogens (tertiary/aromatic N) is 2. The molecular formula is C16H20N2O. The molecule has 1 aromatic carbocycles. The predicted octanol–water partition coefficient (Wildman–Crippen LogP) is 3.68. The van der Waals surface area contributed by atoms with Crippen LogP contribution in [0, 0.1) is 0 Å². The number of carbonyl (C=O) groups is 1. The number of benzene rings is 1. The summed E-state index contributed by atoms with van der Waals surface area (Å²) in [4.78, 5) is 11.2. The van der Waals surface area contributed by atoms with Gasteiger partial charge >= 0.3 is 0 Å². The molecule has 100 valence electrons. The summed E-state index contributed by atoms with van der Waals surface area (Å²) in [5.41, 5.74) is 3.54. The van der Waals surface area contributed by atoms with Gasteiger partial charge in [-0.1, -0.05) is 31.2 Å². The summed E-state index contributed by atoms with van der Waals surface area (Å²) >= 11 is 0. The third-order valence-corrected chi connectivity index (χ3v) is 3.19. The van der Waals surface area contributed by atoms with Crippen molar-refractivity contribution in [2.45, 2.75) is 39.7 Å². The van der Waals surface area contributed by atoms with E-state index >= 15 is 0 Å². The van der Waals surface area contributed by atoms with Crippen LogP contribution < -0.4 is 0 Å². The van der Waals surface area contributed by atoms with Crippen LogP contribution in [0.25, 0.3) is 11.3 Å². The summed E-state index contributed by atoms with van der Waals surface area (Å²) in [6.45, 7) is 8.33. The Hall–Kier alpha value is -1.90. The van der Waals surface area contributed by atoms with E-state index in [-0.39, 0.29) is 5.54 Å². The number of rotatable bonds is 3. The van der Waals surface area contributed by atoms with E-state index in [1.807, 2.05) is 23.0 Å². The van der Waals surface area contributed by atoms with Crippen molar-refractivity contribution in [3.8, 4) is 11.3 Å². The van der Waals surface area contributed by atoms with Crippen LogP contribution in [-0.4, -0.2) is 16.1 Å². The number of carbonyl (C=O) groups excluding carboxylic acids is 1. The Labute approximate surface area is 114 Å². The highest BCUT2D eigenvalue weighted by atomic mass is 16.1. The molecule has 0 unspecified atom stereocenters. The molecule has 0 radical (unpaired) electrons. The Kier molecular flexibility index (Phi) is 3.56. The molecule has 0 bridgehead atoms. The van der Waals surface area contributed by atoms with E-state index in [1.165, 1.54) is 5.56 Å². The molecule has 0 aliphatic heterocycles. The highest BCUT2D eigenvalue weighted by molar-refractivity contribution is 5.85. The minimum absolute atomic E-state index is 0.126. The first-order valence-electron chi connectivity index (χ1n) is 6.60. The lowest BCUT2D eigenvalue weighted by atomic mass is 10.1. The lowest BCUT2D eigenvalue weighted by molar-refractivity contribution is 0.112. The van der Waals surface area contributed by atoms with Gasteiger partial charge in [-0.15, -0.1) is 0 Å². The third kappa shape index (κ3) is 2.75. The molecule has 0 aliphatic carbocycles. The summed E-state index contributed by atoms with van der Waals surface area (Å²) in [6.07, 6.45) is 3.70. The minimum Gasteiger partial charge on any atom is -0.298 e. The molecule has 0 saturated heterocycles. The van der Waals surface area contributed by atoms with E-state index in [0.29, 0.717) is 5.56 Å². The van der Waals surface area contributed by atoms with E-state index in [0.717, 1.165) is 24.0 Å². The van der Waals surface area contributed by atoms with Crippen LogP contribution in [0.5, 0.6) is 0 Å². The number of aryl methyl sites for hydroxylation is 1. The lowest BCUT2D eigenvalue weighted by Crippen LogP contribution is -2.22. The maximum atomic E-state index is 11.2. The molecule has 19 heavy (non-hydrogen) atoms. The van der Waals surface area contributed by atoms with Crippen molar-refractivity contribution in [2.24, 2.45) is 0 Å². The van der Waals surface area contributed by atoms with Gasteiger partial charge in [0, 0.05) is 11.8 Å². The van der Waals surface area contributed by atoms with E-state index in [1.54, 1.807) is 0 Å². The van der Waals surface area contributed by atoms with E-state index in [4.69, 9.17) is 0 Å². The summed E-state index contributed by atoms with van der Waals surface area (Å²) < 4.78 is 1.85. The van der Waals surface area contributed by atoms with Crippen LogP contribution >= 0.6 is 0 Å². The zero-order valence-corrected chi connectivity index (χ0v) is 12.0. The van der Waals surface area contributed by atoms with Gasteiger partial charge in [0.25, 0.3) is 0 Å². The van der Waals surface area contributed by atoms with Crippen molar-refractivity contribution in [3.05, 3.63) is 41.6 Å². The molecule has 3 nitrogen and oxygen atoms in total. The van der Waals surface area contributed by atoms with Gasteiger partial charge in [-0.2, -0.15) is 5.10 Å². The second-order valence-corrected chi connectivity index (χ2v) is 5.72. The Morgan fingerprint density at radius 3 is 2.32 bits per heavy atom. The lowest BCUT2D eigenvalue weighted by Gasteiger charge is -2.18. The maximum Gasteiger partial charge on any atom is 0.153 e. The molecule has 3 heteroatoms. The molecule has 2 rings (SSSR count). The van der Waals surface area contributed by atoms with Gasteiger partial charge in [0.15, 0.2) is 6.29 Å². The molecular weight excluding hydrogens is 236 g/mol. The van der Waals surface area contributed by atoms with E-state index in [9.17, 15) is 4.79 Å². The van der Waals surface area contributed by atoms with Crippen LogP contribution in [-0.2, 0) is 12.0 Å². The summed E-state index contributed by atoms with van der Waals surface area (Å²) in [5, 5.41) is 4.56. The quantitative estimate of drug-likeness (QED) is 0.785. The molecule has 0 fully saturated rings. The molecule has 2 aromatic rings. The Balaban J connectivity index is 2.48. The fourth-order valence-corrected chi connectivity index (χ4v) is 1.94. The smallest absolute Gasteiger partial charge is 0.153 e. The maximum absolute atomic E-state index is 11.2. The normalized spacial score (nSPS) is 11.6. The molecule has 0 amide bonds. The van der Waals surface area contributed by atoms with Crippen LogP contribution in [0.15, 0.2) is 30.5 Å². The number of hydrogen-bond donors (Lipinski definition) is 0. The zero-order valence-electron chi connectivity index (χ0n) is 12.0. The SMILES string of the molecule is CCc1ccc(-c2nn(C(C)(C)C)cc2C=O)cc1. The number of aldehydes is 1. The second kappa shape index (κ2) is 5.00. The van der Waals surface area contributed by atoms with Crippen LogP contribution in [0.2, 0.25) is 0 Å². The van der Waals surface area contributed by atoms with Crippen LogP contribution in [0.4, 0.5) is 0 Å². The molecule has 0 saturated carbocycles. The van der Waals surface area contributed by atoms with Crippen molar-refractivity contribution < 1.29 is 4.79 Å². The van der Waals surface area contributed by atoms with Crippen molar-refractivity contribution in [1.29, 1.82) is 0 Å². The van der Waals surface area contributed by atoms with Crippen molar-refractivity contribution in [3.63, 3.8) is 0 Å². The zero-order chi connectivity index (χ0) is 14.0. The summed E-state index contributed by atoms with van der Waals surface area (Å²) in [7, 11) is 0. The molecule has 0 N–H and O–H groups in total. The monoisotopic (exact) mass is 256 g/mol. The number of aromatic nitrogens is 2. The average molecular weight is 256 g/mol. The largest absolute Gasteiger partial charge is 0.298 e. The van der Waals surface area contributed by atoms with Crippen molar-refractivity contribution in [2.75, 3.05) is 0 Å². The molecule has 1 heterocycles. The number of hydrogen-bond acceptors (Lipinski definition) is 2. The van der Waals surface area contributed by atoms with Gasteiger partial charge in [-0.3, -0.25) is 9.48 Å². The fraction of sp³-hybridized carbons (Fsp3) is 0.375. The Morgan fingerprint density at radius 1 is 1.21 bits per heavy atom. The third-order valence-electron chi connectivity index (χ3n) is 3.19. The van der Waals surface area contributed by atoms with Gasteiger partial charge in [0.2, 0.25) is 0 Å². The molecule has 0 atom stereocenters. The Morgan fingerprint density at radius 2 is 1.84 bits per heavy atom. The van der Waals surface area contributed by atoms with E-state index < -0.39 is 0 Å². The molecule has 0 spiro atoms. The molecule has 0 aliphatic rings. The Bertz CT molecular complexity index is 574. The average Bonchev–Trinajstić information content (AvgIpc) is 2.83. The second-order valence-electron chi connectivity index (χ2n) is 5.72. The van der Waals surface area contributed by atoms with Gasteiger partial charge in [0.1, 0.15) is 5.69 Å². The first kappa shape index (κ1) is 13.5. The van der Waals surface area contributed by atoms with Crippen LogP contribution in [0.3, 0.4) is 0 Å². The topological polar surface area (TPSA) is 34.9 Å². The van der Waals surface area contributed by atoms with Gasteiger partial charge in [-0.25, -0.2) is 0 Å². The van der Waals surface area contributed by atoms with Gasteiger partial charge in [-0.05, 0) is 32.8 Å². The highest BCUT2D eigenvalue weighted by Gasteiger charge is 2.18. The standard InChI is InChI=1S/C16H20N2O/c1-5-12-6-8-13(9-7-12)15-14(11-19)10-18(17-15)16(2,3)4/h6-11H,5H2,1-4H3. The summed E-state index contributed by atoms with van der Waals surface area (Å²) in [6, 6.07) is 8.22. The van der Waals surface area contributed by atoms with Crippen LogP contribution in [0.1, 0.15) is 43.6 Å². The highest BCUT2D eigenvalue weighted by Crippen LogP contribution is 2.24. The summed E-state index contributed by atoms with van der Waals surface area (Å²) in [5.74, 6) is 0. The first-order valence-corrected chi connectivity index (χ1v) is 6.60. The van der Waals surface area contributed by atoms with E-state index in [2.05, 4.69) is 44.9 Å². The molecule has 1 aromatic heterocycles. The van der Waals surface area contributed by atoms with Crippen molar-refractivity contribution >= 4 is 6.29 Å². The van der Waals surface area contributed by atoms with Crippen molar-refractivity contribution in [1.82, 2.24) is 9.78 Å². The predicted molar refractivity (Wildman–Crippen MR) is 77.4 cm³/mol. The fourth-order valence-electron chi connectivity index (χ4n) is 1.94. The van der Waals surface area contributed by atoms with Gasteiger partial charge < -0.3 is 0 Å². The van der Waals surface area contributed by atoms with Gasteiger partial charge in [0.05, 0.1) is 11.1 Å². The minimum atomic E-state index is -0.126.